The maximum atomic E-state index is 10.3. The standard InChI is InChI=1S/C12H9BrN2O3/c13-9-3-1-2-8(6-9)7-11-15-14-10(18-11)4-5-12(16)17/h1-6H,7H2,(H,16,17)/b5-4+. The summed E-state index contributed by atoms with van der Waals surface area (Å²) in [6, 6.07) is 7.75. The first kappa shape index (κ1) is 12.5. The number of carboxylic acid groups (broad SMARTS) is 1. The summed E-state index contributed by atoms with van der Waals surface area (Å²) in [5.74, 6) is -0.428. The zero-order chi connectivity index (χ0) is 13.0. The van der Waals surface area contributed by atoms with Gasteiger partial charge in [0.2, 0.25) is 11.8 Å². The van der Waals surface area contributed by atoms with E-state index in [0.29, 0.717) is 12.3 Å². The first-order chi connectivity index (χ1) is 8.63. The van der Waals surface area contributed by atoms with E-state index in [1.807, 2.05) is 24.3 Å². The number of carboxylic acids is 1. The third-order valence-corrected chi connectivity index (χ3v) is 2.59. The minimum absolute atomic E-state index is 0.183. The molecule has 1 N–H and O–H groups in total. The first-order valence-corrected chi connectivity index (χ1v) is 5.90. The summed E-state index contributed by atoms with van der Waals surface area (Å²) in [6.07, 6.45) is 2.73. The van der Waals surface area contributed by atoms with Crippen molar-refractivity contribution >= 4 is 28.0 Å². The molecule has 0 atom stereocenters. The van der Waals surface area contributed by atoms with Gasteiger partial charge in [-0.2, -0.15) is 0 Å². The fourth-order valence-electron chi connectivity index (χ4n) is 1.37. The van der Waals surface area contributed by atoms with Crippen molar-refractivity contribution < 1.29 is 14.3 Å². The Bertz CT molecular complexity index is 593. The first-order valence-electron chi connectivity index (χ1n) is 5.11. The number of halogens is 1. The second-order valence-corrected chi connectivity index (χ2v) is 4.43. The van der Waals surface area contributed by atoms with Crippen molar-refractivity contribution in [3.63, 3.8) is 0 Å². The molecule has 6 heteroatoms. The summed E-state index contributed by atoms with van der Waals surface area (Å²) in [5.41, 5.74) is 1.03. The molecule has 0 spiro atoms. The Morgan fingerprint density at radius 3 is 3.00 bits per heavy atom. The number of aliphatic carboxylic acids is 1. The molecule has 1 heterocycles. The molecule has 0 aliphatic heterocycles. The van der Waals surface area contributed by atoms with Gasteiger partial charge < -0.3 is 9.52 Å². The van der Waals surface area contributed by atoms with Crippen LogP contribution in [0.5, 0.6) is 0 Å². The minimum atomic E-state index is -1.05. The molecule has 2 aromatic rings. The molecule has 1 aromatic carbocycles. The summed E-state index contributed by atoms with van der Waals surface area (Å²) in [5, 5.41) is 16.0. The van der Waals surface area contributed by atoms with E-state index >= 15 is 0 Å². The third kappa shape index (κ3) is 3.53. The average molecular weight is 309 g/mol. The summed E-state index contributed by atoms with van der Waals surface area (Å²) in [7, 11) is 0. The van der Waals surface area contributed by atoms with E-state index in [1.165, 1.54) is 6.08 Å². The predicted octanol–water partition coefficient (Wildman–Crippen LogP) is 2.52. The lowest BCUT2D eigenvalue weighted by Crippen LogP contribution is -1.87. The van der Waals surface area contributed by atoms with Crippen LogP contribution in [0.25, 0.3) is 6.08 Å². The summed E-state index contributed by atoms with van der Waals surface area (Å²) >= 11 is 3.38. The monoisotopic (exact) mass is 308 g/mol. The van der Waals surface area contributed by atoms with Crippen LogP contribution in [0.1, 0.15) is 17.3 Å². The molecule has 0 aliphatic rings. The number of nitrogens with zero attached hydrogens (tertiary/aromatic N) is 2. The highest BCUT2D eigenvalue weighted by Gasteiger charge is 2.05. The zero-order valence-electron chi connectivity index (χ0n) is 9.21. The van der Waals surface area contributed by atoms with Crippen LogP contribution in [-0.2, 0) is 11.2 Å². The predicted molar refractivity (Wildman–Crippen MR) is 67.9 cm³/mol. The highest BCUT2D eigenvalue weighted by Crippen LogP contribution is 2.15. The van der Waals surface area contributed by atoms with Gasteiger partial charge in [-0.15, -0.1) is 10.2 Å². The maximum Gasteiger partial charge on any atom is 0.328 e. The van der Waals surface area contributed by atoms with Crippen LogP contribution in [0.4, 0.5) is 0 Å². The Kier molecular flexibility index (Phi) is 3.88. The summed E-state index contributed by atoms with van der Waals surface area (Å²) in [6.45, 7) is 0. The average Bonchev–Trinajstić information content (AvgIpc) is 2.74. The number of rotatable bonds is 4. The van der Waals surface area contributed by atoms with E-state index in [-0.39, 0.29) is 5.89 Å². The molecular weight excluding hydrogens is 300 g/mol. The molecule has 18 heavy (non-hydrogen) atoms. The van der Waals surface area contributed by atoms with Crippen molar-refractivity contribution in [1.29, 1.82) is 0 Å². The summed E-state index contributed by atoms with van der Waals surface area (Å²) in [4.78, 5) is 10.3. The van der Waals surface area contributed by atoms with Crippen LogP contribution < -0.4 is 0 Å². The van der Waals surface area contributed by atoms with Gasteiger partial charge in [0.05, 0.1) is 6.42 Å². The number of aromatic nitrogens is 2. The normalized spacial score (nSPS) is 10.9. The lowest BCUT2D eigenvalue weighted by molar-refractivity contribution is -0.131. The van der Waals surface area contributed by atoms with Crippen molar-refractivity contribution in [1.82, 2.24) is 10.2 Å². The molecule has 5 nitrogen and oxygen atoms in total. The van der Waals surface area contributed by atoms with Gasteiger partial charge in [-0.1, -0.05) is 28.1 Å². The molecule has 1 aromatic heterocycles. The number of carbonyl (C=O) groups is 1. The van der Waals surface area contributed by atoms with Crippen LogP contribution in [0, 0.1) is 0 Å². The van der Waals surface area contributed by atoms with Crippen LogP contribution in [0.15, 0.2) is 39.2 Å². The van der Waals surface area contributed by atoms with E-state index in [4.69, 9.17) is 9.52 Å². The van der Waals surface area contributed by atoms with Gasteiger partial charge in [-0.05, 0) is 17.7 Å². The van der Waals surface area contributed by atoms with Gasteiger partial charge in [-0.3, -0.25) is 0 Å². The highest BCUT2D eigenvalue weighted by atomic mass is 79.9. The Labute approximate surface area is 111 Å². The van der Waals surface area contributed by atoms with Crippen LogP contribution in [0.3, 0.4) is 0 Å². The topological polar surface area (TPSA) is 76.2 Å². The molecule has 92 valence electrons. The Hall–Kier alpha value is -1.95. The SMILES string of the molecule is O=C(O)/C=C/c1nnc(Cc2cccc(Br)c2)o1. The van der Waals surface area contributed by atoms with Gasteiger partial charge in [0, 0.05) is 16.6 Å². The lowest BCUT2D eigenvalue weighted by Gasteiger charge is -1.96. The molecule has 0 bridgehead atoms. The van der Waals surface area contributed by atoms with E-state index in [2.05, 4.69) is 26.1 Å². The van der Waals surface area contributed by atoms with Crippen LogP contribution in [-0.4, -0.2) is 21.3 Å². The molecule has 0 radical (unpaired) electrons. The van der Waals surface area contributed by atoms with Gasteiger partial charge in [0.25, 0.3) is 0 Å². The maximum absolute atomic E-state index is 10.3. The Morgan fingerprint density at radius 2 is 2.28 bits per heavy atom. The fourth-order valence-corrected chi connectivity index (χ4v) is 1.82. The van der Waals surface area contributed by atoms with Gasteiger partial charge in [0.15, 0.2) is 0 Å². The highest BCUT2D eigenvalue weighted by molar-refractivity contribution is 9.10. The number of hydrogen-bond donors (Lipinski definition) is 1. The van der Waals surface area contributed by atoms with Gasteiger partial charge >= 0.3 is 5.97 Å². The lowest BCUT2D eigenvalue weighted by atomic mass is 10.1. The second kappa shape index (κ2) is 5.59. The molecule has 0 saturated heterocycles. The van der Waals surface area contributed by atoms with Gasteiger partial charge in [0.1, 0.15) is 0 Å². The van der Waals surface area contributed by atoms with Crippen LogP contribution >= 0.6 is 15.9 Å². The van der Waals surface area contributed by atoms with Crippen molar-refractivity contribution in [3.8, 4) is 0 Å². The largest absolute Gasteiger partial charge is 0.478 e. The zero-order valence-corrected chi connectivity index (χ0v) is 10.8. The molecule has 0 saturated carbocycles. The molecule has 0 fully saturated rings. The van der Waals surface area contributed by atoms with Crippen molar-refractivity contribution in [2.24, 2.45) is 0 Å². The molecular formula is C12H9BrN2O3. The van der Waals surface area contributed by atoms with Crippen LogP contribution in [0.2, 0.25) is 0 Å². The second-order valence-electron chi connectivity index (χ2n) is 3.51. The Balaban J connectivity index is 2.09. The number of hydrogen-bond acceptors (Lipinski definition) is 4. The van der Waals surface area contributed by atoms with Crippen molar-refractivity contribution in [2.75, 3.05) is 0 Å². The van der Waals surface area contributed by atoms with E-state index in [1.54, 1.807) is 0 Å². The molecule has 2 rings (SSSR count). The van der Waals surface area contributed by atoms with Crippen molar-refractivity contribution in [3.05, 3.63) is 52.2 Å². The third-order valence-electron chi connectivity index (χ3n) is 2.10. The summed E-state index contributed by atoms with van der Waals surface area (Å²) < 4.78 is 6.27. The van der Waals surface area contributed by atoms with E-state index < -0.39 is 5.97 Å². The minimum Gasteiger partial charge on any atom is -0.478 e. The fraction of sp³-hybridized carbons (Fsp3) is 0.0833. The molecule has 0 unspecified atom stereocenters. The quantitative estimate of drug-likeness (QED) is 0.878. The molecule has 0 aliphatic carbocycles. The van der Waals surface area contributed by atoms with Gasteiger partial charge in [-0.25, -0.2) is 4.79 Å². The van der Waals surface area contributed by atoms with E-state index in [9.17, 15) is 4.79 Å². The van der Waals surface area contributed by atoms with Crippen molar-refractivity contribution in [2.45, 2.75) is 6.42 Å². The smallest absolute Gasteiger partial charge is 0.328 e. The molecule has 0 amide bonds. The number of benzene rings is 1. The Morgan fingerprint density at radius 1 is 1.44 bits per heavy atom. The van der Waals surface area contributed by atoms with E-state index in [0.717, 1.165) is 16.1 Å².